The Morgan fingerprint density at radius 3 is 1.22 bits per heavy atom. The van der Waals surface area contributed by atoms with Crippen LogP contribution in [0.4, 0.5) is 0 Å². The van der Waals surface area contributed by atoms with E-state index in [2.05, 4.69) is 113 Å². The van der Waals surface area contributed by atoms with E-state index >= 15 is 0 Å². The van der Waals surface area contributed by atoms with Crippen molar-refractivity contribution in [2.24, 2.45) is 0 Å². The molecule has 0 aliphatic carbocycles. The van der Waals surface area contributed by atoms with E-state index in [0.717, 1.165) is 61.6 Å². The zero-order chi connectivity index (χ0) is 31.0. The van der Waals surface area contributed by atoms with Crippen LogP contribution in [0, 0.1) is 0 Å². The zero-order valence-corrected chi connectivity index (χ0v) is 26.1. The summed E-state index contributed by atoms with van der Waals surface area (Å²) in [6.45, 7) is 8.33. The molecule has 0 N–H and O–H groups in total. The fraction of sp³-hybridized carbons (Fsp3) is 0.150. The molecule has 1 saturated heterocycles. The van der Waals surface area contributed by atoms with Crippen molar-refractivity contribution in [1.29, 1.82) is 0 Å². The van der Waals surface area contributed by atoms with Crippen LogP contribution in [0.25, 0.3) is 56.2 Å². The number of hydrogen-bond donors (Lipinski definition) is 0. The first kappa shape index (κ1) is 28.9. The maximum Gasteiger partial charge on any atom is 0.494 e. The van der Waals surface area contributed by atoms with Crippen molar-refractivity contribution < 1.29 is 9.31 Å². The predicted molar refractivity (Wildman–Crippen MR) is 185 cm³/mol. The van der Waals surface area contributed by atoms with E-state index in [4.69, 9.17) is 19.3 Å². The smallest absolute Gasteiger partial charge is 0.399 e. The second-order valence-corrected chi connectivity index (χ2v) is 12.5. The summed E-state index contributed by atoms with van der Waals surface area (Å²) in [6, 6.07) is 47.9. The van der Waals surface area contributed by atoms with Crippen LogP contribution in [0.2, 0.25) is 0 Å². The highest BCUT2D eigenvalue weighted by atomic mass is 16.7. The monoisotopic (exact) mass is 586 g/mol. The molecule has 7 rings (SSSR count). The van der Waals surface area contributed by atoms with Gasteiger partial charge >= 0.3 is 7.12 Å². The average molecular weight is 587 g/mol. The second kappa shape index (κ2) is 11.6. The molecule has 45 heavy (non-hydrogen) atoms. The Hall–Kier alpha value is -4.84. The summed E-state index contributed by atoms with van der Waals surface area (Å²) in [4.78, 5) is 10.8. The molecular formula is C40H35BN2O2. The van der Waals surface area contributed by atoms with Crippen LogP contribution in [-0.2, 0) is 9.31 Å². The molecule has 0 unspecified atom stereocenters. The predicted octanol–water partition coefficient (Wildman–Crippen LogP) is 9.11. The number of rotatable bonds is 6. The molecule has 5 heteroatoms. The Labute approximate surface area is 265 Å². The zero-order valence-electron chi connectivity index (χ0n) is 26.1. The van der Waals surface area contributed by atoms with Gasteiger partial charge in [-0.15, -0.1) is 0 Å². The van der Waals surface area contributed by atoms with E-state index in [1.165, 1.54) is 0 Å². The van der Waals surface area contributed by atoms with Gasteiger partial charge in [0.1, 0.15) is 0 Å². The van der Waals surface area contributed by atoms with Crippen LogP contribution in [-0.4, -0.2) is 28.3 Å². The molecule has 6 aromatic rings. The lowest BCUT2D eigenvalue weighted by Gasteiger charge is -2.32. The maximum absolute atomic E-state index is 6.36. The lowest BCUT2D eigenvalue weighted by atomic mass is 9.78. The summed E-state index contributed by atoms with van der Waals surface area (Å²) in [5.74, 6) is 0. The molecule has 1 aliphatic rings. The Balaban J connectivity index is 1.37. The van der Waals surface area contributed by atoms with Gasteiger partial charge in [0.2, 0.25) is 0 Å². The first-order chi connectivity index (χ1) is 21.8. The summed E-state index contributed by atoms with van der Waals surface area (Å²) in [6.07, 6.45) is 0. The molecule has 1 fully saturated rings. The van der Waals surface area contributed by atoms with Crippen LogP contribution >= 0.6 is 0 Å². The quantitative estimate of drug-likeness (QED) is 0.183. The average Bonchev–Trinajstić information content (AvgIpc) is 3.31. The number of hydrogen-bond acceptors (Lipinski definition) is 4. The number of aromatic nitrogens is 2. The van der Waals surface area contributed by atoms with Crippen molar-refractivity contribution in [3.05, 3.63) is 140 Å². The maximum atomic E-state index is 6.36. The van der Waals surface area contributed by atoms with Gasteiger partial charge in [-0.25, -0.2) is 9.97 Å². The molecule has 0 bridgehead atoms. The molecule has 1 aliphatic heterocycles. The number of nitrogens with zero attached hydrogens (tertiary/aromatic N) is 2. The molecule has 0 radical (unpaired) electrons. The van der Waals surface area contributed by atoms with Crippen molar-refractivity contribution in [2.45, 2.75) is 38.9 Å². The van der Waals surface area contributed by atoms with Crippen molar-refractivity contribution in [2.75, 3.05) is 0 Å². The highest BCUT2D eigenvalue weighted by molar-refractivity contribution is 6.62. The van der Waals surface area contributed by atoms with Crippen molar-refractivity contribution in [3.63, 3.8) is 0 Å². The van der Waals surface area contributed by atoms with Gasteiger partial charge in [0.05, 0.1) is 34.0 Å². The minimum Gasteiger partial charge on any atom is -0.399 e. The van der Waals surface area contributed by atoms with E-state index in [-0.39, 0.29) is 0 Å². The van der Waals surface area contributed by atoms with Gasteiger partial charge in [-0.3, -0.25) is 0 Å². The van der Waals surface area contributed by atoms with E-state index < -0.39 is 18.3 Å². The van der Waals surface area contributed by atoms with Gasteiger partial charge in [-0.2, -0.15) is 0 Å². The minimum absolute atomic E-state index is 0.400. The van der Waals surface area contributed by atoms with Crippen molar-refractivity contribution >= 4 is 12.6 Å². The summed E-state index contributed by atoms with van der Waals surface area (Å²) >= 11 is 0. The van der Waals surface area contributed by atoms with Gasteiger partial charge in [-0.1, -0.05) is 133 Å². The van der Waals surface area contributed by atoms with Crippen LogP contribution < -0.4 is 5.46 Å². The minimum atomic E-state index is -0.423. The van der Waals surface area contributed by atoms with E-state index in [9.17, 15) is 0 Å². The lowest BCUT2D eigenvalue weighted by Crippen LogP contribution is -2.41. The highest BCUT2D eigenvalue weighted by Crippen LogP contribution is 2.39. The van der Waals surface area contributed by atoms with E-state index in [1.807, 2.05) is 54.6 Å². The molecule has 2 heterocycles. The topological polar surface area (TPSA) is 44.2 Å². The fourth-order valence-electron chi connectivity index (χ4n) is 5.72. The molecule has 4 nitrogen and oxygen atoms in total. The Kier molecular flexibility index (Phi) is 7.44. The SMILES string of the molecule is CC1(C)OB(c2cccc(-c3cccc(-c4nc(-c5ccccc5)c(-c5ccccc5)nc4-c4ccccc4)c3)c2)OC1(C)C. The molecule has 1 aromatic heterocycles. The standard InChI is InChI=1S/C40H35BN2O2/c1-39(2)40(3,4)45-41(44-39)34-25-15-23-32(27-34)31-22-14-24-33(26-31)38-37(30-20-12-7-13-21-30)42-35(28-16-8-5-9-17-28)36(43-38)29-18-10-6-11-19-29/h5-27H,1-4H3. The highest BCUT2D eigenvalue weighted by Gasteiger charge is 2.51. The van der Waals surface area contributed by atoms with Crippen LogP contribution in [0.3, 0.4) is 0 Å². The largest absolute Gasteiger partial charge is 0.494 e. The summed E-state index contributed by atoms with van der Waals surface area (Å²) in [5.41, 5.74) is 9.83. The Morgan fingerprint density at radius 1 is 0.400 bits per heavy atom. The first-order valence-corrected chi connectivity index (χ1v) is 15.4. The van der Waals surface area contributed by atoms with Gasteiger partial charge in [-0.05, 0) is 50.4 Å². The third kappa shape index (κ3) is 5.61. The summed E-state index contributed by atoms with van der Waals surface area (Å²) in [5, 5.41) is 0. The van der Waals surface area contributed by atoms with Crippen LogP contribution in [0.5, 0.6) is 0 Å². The van der Waals surface area contributed by atoms with Crippen molar-refractivity contribution in [1.82, 2.24) is 9.97 Å². The molecule has 0 saturated carbocycles. The molecule has 0 atom stereocenters. The lowest BCUT2D eigenvalue weighted by molar-refractivity contribution is 0.00578. The third-order valence-corrected chi connectivity index (χ3v) is 8.92. The van der Waals surface area contributed by atoms with Crippen LogP contribution in [0.1, 0.15) is 27.7 Å². The van der Waals surface area contributed by atoms with Gasteiger partial charge in [0.15, 0.2) is 0 Å². The third-order valence-electron chi connectivity index (χ3n) is 8.92. The molecular weight excluding hydrogens is 551 g/mol. The first-order valence-electron chi connectivity index (χ1n) is 15.4. The Bertz CT molecular complexity index is 1940. The van der Waals surface area contributed by atoms with Gasteiger partial charge in [0.25, 0.3) is 0 Å². The van der Waals surface area contributed by atoms with E-state index in [1.54, 1.807) is 0 Å². The normalized spacial score (nSPS) is 15.2. The molecule has 220 valence electrons. The summed E-state index contributed by atoms with van der Waals surface area (Å²) in [7, 11) is -0.423. The van der Waals surface area contributed by atoms with Crippen LogP contribution in [0.15, 0.2) is 140 Å². The second-order valence-electron chi connectivity index (χ2n) is 12.5. The molecule has 0 amide bonds. The Morgan fingerprint density at radius 2 is 0.756 bits per heavy atom. The summed E-state index contributed by atoms with van der Waals surface area (Å²) < 4.78 is 12.7. The number of benzene rings is 5. The van der Waals surface area contributed by atoms with Crippen molar-refractivity contribution in [3.8, 4) is 56.2 Å². The fourth-order valence-corrected chi connectivity index (χ4v) is 5.72. The van der Waals surface area contributed by atoms with E-state index in [0.29, 0.717) is 0 Å². The molecule has 0 spiro atoms. The molecule has 5 aromatic carbocycles. The van der Waals surface area contributed by atoms with Gasteiger partial charge < -0.3 is 9.31 Å². The van der Waals surface area contributed by atoms with Gasteiger partial charge in [0, 0.05) is 22.3 Å².